The molecule has 0 saturated heterocycles. The number of hydrogen-bond acceptors (Lipinski definition) is 3. The molecule has 0 aliphatic rings. The average Bonchev–Trinajstić information content (AvgIpc) is 2.31. The molecular formula is C12H14Br3NO2S. The van der Waals surface area contributed by atoms with Gasteiger partial charge in [0.15, 0.2) is 0 Å². The smallest absolute Gasteiger partial charge is 0.234 e. The van der Waals surface area contributed by atoms with Crippen LogP contribution in [0.5, 0.6) is 0 Å². The van der Waals surface area contributed by atoms with Gasteiger partial charge in [-0.2, -0.15) is 0 Å². The third-order valence-corrected chi connectivity index (χ3v) is 5.25. The molecule has 1 aromatic rings. The highest BCUT2D eigenvalue weighted by molar-refractivity contribution is 9.11. The molecule has 7 heteroatoms. The van der Waals surface area contributed by atoms with E-state index in [9.17, 15) is 4.79 Å². The number of anilines is 1. The van der Waals surface area contributed by atoms with Crippen molar-refractivity contribution in [3.8, 4) is 0 Å². The Balaban J connectivity index is 2.58. The minimum absolute atomic E-state index is 0.0569. The van der Waals surface area contributed by atoms with E-state index in [1.807, 2.05) is 19.1 Å². The summed E-state index contributed by atoms with van der Waals surface area (Å²) in [6.07, 6.45) is 0.698. The van der Waals surface area contributed by atoms with Crippen LogP contribution in [0.25, 0.3) is 0 Å². The fourth-order valence-corrected chi connectivity index (χ4v) is 4.56. The summed E-state index contributed by atoms with van der Waals surface area (Å²) >= 11 is 11.7. The largest absolute Gasteiger partial charge is 0.396 e. The van der Waals surface area contributed by atoms with Gasteiger partial charge in [0, 0.05) is 25.3 Å². The van der Waals surface area contributed by atoms with Gasteiger partial charge in [-0.1, -0.05) is 22.9 Å². The summed E-state index contributed by atoms with van der Waals surface area (Å²) in [5.74, 6) is 0.314. The molecular weight excluding hydrogens is 462 g/mol. The average molecular weight is 476 g/mol. The van der Waals surface area contributed by atoms with Crippen LogP contribution in [-0.2, 0) is 4.79 Å². The third-order valence-electron chi connectivity index (χ3n) is 2.31. The fourth-order valence-electron chi connectivity index (χ4n) is 1.32. The Morgan fingerprint density at radius 2 is 1.95 bits per heavy atom. The van der Waals surface area contributed by atoms with E-state index in [4.69, 9.17) is 5.11 Å². The van der Waals surface area contributed by atoms with Crippen molar-refractivity contribution in [1.29, 1.82) is 0 Å². The SMILES string of the molecule is CC(CCO)SCC(=O)Nc1c(Br)cc(Br)cc1Br. The topological polar surface area (TPSA) is 49.3 Å². The molecule has 106 valence electrons. The number of hydrogen-bond donors (Lipinski definition) is 2. The maximum atomic E-state index is 11.9. The Labute approximate surface area is 142 Å². The van der Waals surface area contributed by atoms with Gasteiger partial charge in [-0.15, -0.1) is 11.8 Å². The van der Waals surface area contributed by atoms with Gasteiger partial charge in [0.2, 0.25) is 5.91 Å². The molecule has 0 aliphatic carbocycles. The quantitative estimate of drug-likeness (QED) is 0.640. The normalized spacial score (nSPS) is 12.3. The molecule has 19 heavy (non-hydrogen) atoms. The van der Waals surface area contributed by atoms with Crippen molar-refractivity contribution < 1.29 is 9.90 Å². The molecule has 1 unspecified atom stereocenters. The minimum atomic E-state index is -0.0569. The van der Waals surface area contributed by atoms with Crippen molar-refractivity contribution in [1.82, 2.24) is 0 Å². The lowest BCUT2D eigenvalue weighted by Gasteiger charge is -2.12. The standard InChI is InChI=1S/C12H14Br3NO2S/c1-7(2-3-17)19-6-11(18)16-12-9(14)4-8(13)5-10(12)15/h4-5,7,17H,2-3,6H2,1H3,(H,16,18). The van der Waals surface area contributed by atoms with Crippen LogP contribution in [0, 0.1) is 0 Å². The molecule has 0 fully saturated rings. The number of rotatable bonds is 6. The molecule has 1 atom stereocenters. The Bertz CT molecular complexity index is 434. The van der Waals surface area contributed by atoms with E-state index in [-0.39, 0.29) is 17.8 Å². The van der Waals surface area contributed by atoms with Gasteiger partial charge in [0.25, 0.3) is 0 Å². The molecule has 1 aromatic carbocycles. The first-order valence-electron chi connectivity index (χ1n) is 5.61. The highest BCUT2D eigenvalue weighted by Gasteiger charge is 2.12. The van der Waals surface area contributed by atoms with Gasteiger partial charge in [0.05, 0.1) is 11.4 Å². The van der Waals surface area contributed by atoms with E-state index in [0.717, 1.165) is 19.1 Å². The lowest BCUT2D eigenvalue weighted by atomic mass is 10.3. The molecule has 0 saturated carbocycles. The van der Waals surface area contributed by atoms with Gasteiger partial charge in [-0.05, 0) is 50.4 Å². The number of amides is 1. The van der Waals surface area contributed by atoms with Crippen LogP contribution in [-0.4, -0.2) is 28.6 Å². The van der Waals surface area contributed by atoms with Crippen molar-refractivity contribution >= 4 is 71.1 Å². The maximum absolute atomic E-state index is 11.9. The number of nitrogens with one attached hydrogen (secondary N) is 1. The molecule has 0 aromatic heterocycles. The van der Waals surface area contributed by atoms with Gasteiger partial charge < -0.3 is 10.4 Å². The Kier molecular flexibility index (Phi) is 7.98. The van der Waals surface area contributed by atoms with E-state index in [1.165, 1.54) is 11.8 Å². The van der Waals surface area contributed by atoms with E-state index in [1.54, 1.807) is 0 Å². The summed E-state index contributed by atoms with van der Waals surface area (Å²) in [6, 6.07) is 3.75. The number of aliphatic hydroxyl groups is 1. The molecule has 0 radical (unpaired) electrons. The summed E-state index contributed by atoms with van der Waals surface area (Å²) < 4.78 is 2.56. The highest BCUT2D eigenvalue weighted by atomic mass is 79.9. The van der Waals surface area contributed by atoms with Crippen LogP contribution in [0.3, 0.4) is 0 Å². The zero-order valence-corrected chi connectivity index (χ0v) is 15.8. The summed E-state index contributed by atoms with van der Waals surface area (Å²) in [5.41, 5.74) is 0.726. The lowest BCUT2D eigenvalue weighted by molar-refractivity contribution is -0.113. The van der Waals surface area contributed by atoms with E-state index in [2.05, 4.69) is 53.1 Å². The predicted octanol–water partition coefficient (Wildman–Crippen LogP) is 4.42. The molecule has 2 N–H and O–H groups in total. The van der Waals surface area contributed by atoms with Crippen LogP contribution >= 0.6 is 59.6 Å². The van der Waals surface area contributed by atoms with E-state index < -0.39 is 0 Å². The van der Waals surface area contributed by atoms with Gasteiger partial charge >= 0.3 is 0 Å². The predicted molar refractivity (Wildman–Crippen MR) is 91.8 cm³/mol. The zero-order chi connectivity index (χ0) is 14.4. The second kappa shape index (κ2) is 8.67. The van der Waals surface area contributed by atoms with Crippen LogP contribution in [0.15, 0.2) is 25.6 Å². The Hall–Kier alpha value is 0.440. The van der Waals surface area contributed by atoms with Gasteiger partial charge in [-0.25, -0.2) is 0 Å². The lowest BCUT2D eigenvalue weighted by Crippen LogP contribution is -2.16. The van der Waals surface area contributed by atoms with E-state index in [0.29, 0.717) is 12.2 Å². The van der Waals surface area contributed by atoms with Crippen molar-refractivity contribution in [3.05, 3.63) is 25.6 Å². The number of carbonyl (C=O) groups excluding carboxylic acids is 1. The molecule has 0 aliphatic heterocycles. The van der Waals surface area contributed by atoms with Crippen LogP contribution in [0.1, 0.15) is 13.3 Å². The van der Waals surface area contributed by atoms with Crippen LogP contribution in [0.4, 0.5) is 5.69 Å². The maximum Gasteiger partial charge on any atom is 0.234 e. The summed E-state index contributed by atoms with van der Waals surface area (Å²) in [5, 5.41) is 11.9. The molecule has 0 heterocycles. The van der Waals surface area contributed by atoms with Crippen LogP contribution in [0.2, 0.25) is 0 Å². The summed E-state index contributed by atoms with van der Waals surface area (Å²) in [7, 11) is 0. The van der Waals surface area contributed by atoms with Crippen molar-refractivity contribution in [2.24, 2.45) is 0 Å². The third kappa shape index (κ3) is 6.16. The summed E-state index contributed by atoms with van der Waals surface area (Å²) in [4.78, 5) is 11.9. The van der Waals surface area contributed by atoms with Crippen LogP contribution < -0.4 is 5.32 Å². The molecule has 1 rings (SSSR count). The van der Waals surface area contributed by atoms with E-state index >= 15 is 0 Å². The number of carbonyl (C=O) groups is 1. The molecule has 0 spiro atoms. The number of benzene rings is 1. The Morgan fingerprint density at radius 1 is 1.37 bits per heavy atom. The number of aliphatic hydroxyl groups excluding tert-OH is 1. The van der Waals surface area contributed by atoms with Gasteiger partial charge in [-0.3, -0.25) is 4.79 Å². The highest BCUT2D eigenvalue weighted by Crippen LogP contribution is 2.34. The molecule has 1 amide bonds. The van der Waals surface area contributed by atoms with Crippen molar-refractivity contribution in [2.75, 3.05) is 17.7 Å². The first-order chi connectivity index (χ1) is 8.93. The summed E-state index contributed by atoms with van der Waals surface area (Å²) in [6.45, 7) is 2.15. The monoisotopic (exact) mass is 473 g/mol. The Morgan fingerprint density at radius 3 is 2.47 bits per heavy atom. The van der Waals surface area contributed by atoms with Crippen molar-refractivity contribution in [3.63, 3.8) is 0 Å². The van der Waals surface area contributed by atoms with Gasteiger partial charge in [0.1, 0.15) is 0 Å². The zero-order valence-electron chi connectivity index (χ0n) is 10.3. The van der Waals surface area contributed by atoms with Crippen molar-refractivity contribution in [2.45, 2.75) is 18.6 Å². The minimum Gasteiger partial charge on any atom is -0.396 e. The first-order valence-corrected chi connectivity index (χ1v) is 9.03. The first kappa shape index (κ1) is 17.5. The second-order valence-corrected chi connectivity index (χ2v) is 7.98. The number of halogens is 3. The number of thioether (sulfide) groups is 1. The molecule has 0 bridgehead atoms. The molecule has 3 nitrogen and oxygen atoms in total. The fraction of sp³-hybridized carbons (Fsp3) is 0.417. The second-order valence-electron chi connectivity index (χ2n) is 3.93.